The summed E-state index contributed by atoms with van der Waals surface area (Å²) >= 11 is 0. The first-order valence-corrected chi connectivity index (χ1v) is 11.5. The highest BCUT2D eigenvalue weighted by Crippen LogP contribution is 2.38. The molecule has 2 N–H and O–H groups in total. The Morgan fingerprint density at radius 2 is 1.53 bits per heavy atom. The van der Waals surface area contributed by atoms with E-state index in [2.05, 4.69) is 10.2 Å². The molecule has 0 radical (unpaired) electrons. The van der Waals surface area contributed by atoms with Gasteiger partial charge in [0, 0.05) is 6.07 Å². The molecular formula is C17H10N4O11S2. The molecule has 0 fully saturated rings. The van der Waals surface area contributed by atoms with Crippen molar-refractivity contribution >= 4 is 60.0 Å². The van der Waals surface area contributed by atoms with Crippen molar-refractivity contribution in [2.24, 2.45) is 10.2 Å². The van der Waals surface area contributed by atoms with E-state index < -0.39 is 68.2 Å². The van der Waals surface area contributed by atoms with E-state index >= 15 is 0 Å². The van der Waals surface area contributed by atoms with Gasteiger partial charge >= 0.3 is 5.69 Å². The van der Waals surface area contributed by atoms with E-state index in [0.29, 0.717) is 6.07 Å². The van der Waals surface area contributed by atoms with Crippen molar-refractivity contribution in [2.75, 3.05) is 0 Å². The summed E-state index contributed by atoms with van der Waals surface area (Å²) in [6.07, 6.45) is 0.128. The molecule has 3 rings (SSSR count). The van der Waals surface area contributed by atoms with Crippen molar-refractivity contribution in [3.63, 3.8) is 0 Å². The highest BCUT2D eigenvalue weighted by atomic mass is 32.2. The minimum Gasteiger partial charge on any atom is -0.298 e. The van der Waals surface area contributed by atoms with E-state index in [1.807, 2.05) is 0 Å². The van der Waals surface area contributed by atoms with E-state index in [1.54, 1.807) is 0 Å². The molecule has 17 heteroatoms. The Labute approximate surface area is 189 Å². The first-order chi connectivity index (χ1) is 15.7. The lowest BCUT2D eigenvalue weighted by atomic mass is 10.0. The lowest BCUT2D eigenvalue weighted by Gasteiger charge is -2.10. The van der Waals surface area contributed by atoms with E-state index in [1.165, 1.54) is 0 Å². The van der Waals surface area contributed by atoms with E-state index in [-0.39, 0.29) is 17.1 Å². The van der Waals surface area contributed by atoms with Gasteiger partial charge in [-0.25, -0.2) is 0 Å². The van der Waals surface area contributed by atoms with Crippen LogP contribution in [0.25, 0.3) is 10.8 Å². The summed E-state index contributed by atoms with van der Waals surface area (Å²) < 4.78 is 65.5. The van der Waals surface area contributed by atoms with Crippen LogP contribution in [0.3, 0.4) is 0 Å². The van der Waals surface area contributed by atoms with Crippen LogP contribution in [0.2, 0.25) is 0 Å². The van der Waals surface area contributed by atoms with Crippen LogP contribution in [0.15, 0.2) is 62.5 Å². The SMILES string of the molecule is O=Cc1c(N=Nc2ccc([N+](=O)[O-])cc2[N+](=O)[O-])c(S(=O)(=O)O)cc2cc(S(=O)(=O)O)ccc12. The molecule has 0 saturated heterocycles. The van der Waals surface area contributed by atoms with Gasteiger partial charge in [0.1, 0.15) is 10.6 Å². The standard InChI is InChI=1S/C17H10N4O11S2/c22-8-13-12-3-2-11(33(27,28)29)5-9(12)6-16(34(30,31)32)17(13)19-18-14-4-1-10(20(23)24)7-15(14)21(25)26/h1-8H,(H,27,28,29)(H,30,31,32). The van der Waals surface area contributed by atoms with Gasteiger partial charge in [0.2, 0.25) is 0 Å². The topological polar surface area (TPSA) is 237 Å². The zero-order chi connectivity index (χ0) is 25.4. The van der Waals surface area contributed by atoms with Gasteiger partial charge in [0.05, 0.1) is 26.4 Å². The summed E-state index contributed by atoms with van der Waals surface area (Å²) in [5, 5.41) is 29.0. The van der Waals surface area contributed by atoms with Gasteiger partial charge in [0.15, 0.2) is 12.0 Å². The fourth-order valence-electron chi connectivity index (χ4n) is 2.91. The molecule has 34 heavy (non-hydrogen) atoms. The number of nitro benzene ring substituents is 2. The van der Waals surface area contributed by atoms with Crippen molar-refractivity contribution in [3.8, 4) is 0 Å². The summed E-state index contributed by atoms with van der Waals surface area (Å²) in [7, 11) is -9.80. The zero-order valence-electron chi connectivity index (χ0n) is 16.3. The fraction of sp³-hybridized carbons (Fsp3) is 0. The molecule has 0 unspecified atom stereocenters. The smallest absolute Gasteiger partial charge is 0.298 e. The minimum atomic E-state index is -5.10. The average Bonchev–Trinajstić information content (AvgIpc) is 2.74. The molecule has 0 heterocycles. The molecule has 3 aromatic carbocycles. The van der Waals surface area contributed by atoms with Gasteiger partial charge in [-0.05, 0) is 35.0 Å². The van der Waals surface area contributed by atoms with Crippen LogP contribution in [-0.2, 0) is 20.2 Å². The number of azo groups is 1. The number of aldehydes is 1. The maximum absolute atomic E-state index is 11.9. The number of hydrogen-bond donors (Lipinski definition) is 2. The quantitative estimate of drug-likeness (QED) is 0.153. The van der Waals surface area contributed by atoms with Crippen molar-refractivity contribution in [1.82, 2.24) is 0 Å². The molecule has 0 spiro atoms. The van der Waals surface area contributed by atoms with E-state index in [9.17, 15) is 51.0 Å². The van der Waals surface area contributed by atoms with Crippen LogP contribution in [0.4, 0.5) is 22.7 Å². The first-order valence-electron chi connectivity index (χ1n) is 8.59. The van der Waals surface area contributed by atoms with Crippen molar-refractivity contribution in [2.45, 2.75) is 9.79 Å². The molecular weight excluding hydrogens is 500 g/mol. The Hall–Kier alpha value is -4.19. The predicted molar refractivity (Wildman–Crippen MR) is 113 cm³/mol. The molecule has 0 aliphatic carbocycles. The second-order valence-electron chi connectivity index (χ2n) is 6.48. The van der Waals surface area contributed by atoms with Crippen molar-refractivity contribution < 1.29 is 40.6 Å². The van der Waals surface area contributed by atoms with Crippen LogP contribution in [0.5, 0.6) is 0 Å². The third-order valence-electron chi connectivity index (χ3n) is 4.41. The maximum atomic E-state index is 11.9. The predicted octanol–water partition coefficient (Wildman–Crippen LogP) is 3.38. The maximum Gasteiger partial charge on any atom is 0.303 e. The Morgan fingerprint density at radius 1 is 0.853 bits per heavy atom. The van der Waals surface area contributed by atoms with Gasteiger partial charge in [0.25, 0.3) is 25.9 Å². The molecule has 0 aliphatic heterocycles. The fourth-order valence-corrected chi connectivity index (χ4v) is 4.10. The lowest BCUT2D eigenvalue weighted by Crippen LogP contribution is -2.02. The summed E-state index contributed by atoms with van der Waals surface area (Å²) in [6, 6.07) is 5.91. The normalized spacial score (nSPS) is 12.2. The van der Waals surface area contributed by atoms with Gasteiger partial charge in [-0.15, -0.1) is 10.2 Å². The second kappa shape index (κ2) is 8.63. The number of nitro groups is 2. The molecule has 0 amide bonds. The number of benzene rings is 3. The average molecular weight is 510 g/mol. The highest BCUT2D eigenvalue weighted by Gasteiger charge is 2.24. The summed E-state index contributed by atoms with van der Waals surface area (Å²) in [5.41, 5.74) is -3.23. The molecule has 176 valence electrons. The molecule has 0 saturated carbocycles. The molecule has 0 atom stereocenters. The van der Waals surface area contributed by atoms with Crippen LogP contribution in [0, 0.1) is 20.2 Å². The monoisotopic (exact) mass is 510 g/mol. The van der Waals surface area contributed by atoms with Crippen LogP contribution in [-0.4, -0.2) is 42.1 Å². The number of fused-ring (bicyclic) bond motifs is 1. The lowest BCUT2D eigenvalue weighted by molar-refractivity contribution is -0.393. The number of hydrogen-bond acceptors (Lipinski definition) is 11. The van der Waals surface area contributed by atoms with E-state index in [4.69, 9.17) is 0 Å². The summed E-state index contributed by atoms with van der Waals surface area (Å²) in [4.78, 5) is 30.4. The van der Waals surface area contributed by atoms with Crippen LogP contribution in [0.1, 0.15) is 10.4 Å². The van der Waals surface area contributed by atoms with Gasteiger partial charge < -0.3 is 0 Å². The van der Waals surface area contributed by atoms with Gasteiger partial charge in [-0.1, -0.05) is 6.07 Å². The molecule has 15 nitrogen and oxygen atoms in total. The molecule has 0 aromatic heterocycles. The Kier molecular flexibility index (Phi) is 6.21. The van der Waals surface area contributed by atoms with Crippen LogP contribution >= 0.6 is 0 Å². The molecule has 3 aromatic rings. The van der Waals surface area contributed by atoms with Gasteiger partial charge in [-0.3, -0.25) is 34.1 Å². The second-order valence-corrected chi connectivity index (χ2v) is 9.29. The number of rotatable bonds is 7. The summed E-state index contributed by atoms with van der Waals surface area (Å²) in [5.74, 6) is 0. The largest absolute Gasteiger partial charge is 0.303 e. The number of non-ortho nitro benzene ring substituents is 1. The number of carbonyl (C=O) groups is 1. The third kappa shape index (κ3) is 4.76. The first kappa shape index (κ1) is 24.5. The zero-order valence-corrected chi connectivity index (χ0v) is 17.9. The number of nitrogens with zero attached hydrogens (tertiary/aromatic N) is 4. The van der Waals surface area contributed by atoms with Crippen molar-refractivity contribution in [3.05, 3.63) is 68.3 Å². The van der Waals surface area contributed by atoms with Gasteiger partial charge in [-0.2, -0.15) is 16.8 Å². The molecule has 0 bridgehead atoms. The minimum absolute atomic E-state index is 0.0538. The third-order valence-corrected chi connectivity index (χ3v) is 6.12. The van der Waals surface area contributed by atoms with E-state index in [0.717, 1.165) is 36.4 Å². The highest BCUT2D eigenvalue weighted by molar-refractivity contribution is 7.86. The Balaban J connectivity index is 2.33. The summed E-state index contributed by atoms with van der Waals surface area (Å²) in [6.45, 7) is 0. The Bertz CT molecular complexity index is 1630. The number of carbonyl (C=O) groups excluding carboxylic acids is 1. The van der Waals surface area contributed by atoms with Crippen LogP contribution < -0.4 is 0 Å². The molecule has 0 aliphatic rings. The Morgan fingerprint density at radius 3 is 2.06 bits per heavy atom. The van der Waals surface area contributed by atoms with Crippen molar-refractivity contribution in [1.29, 1.82) is 0 Å².